The third-order valence-electron chi connectivity index (χ3n) is 6.11. The number of likely N-dealkylation sites (N-methyl/N-ethyl adjacent to an activating group) is 1. The van der Waals surface area contributed by atoms with Crippen molar-refractivity contribution in [1.82, 2.24) is 10.2 Å². The number of nitrogens with zero attached hydrogens (tertiary/aromatic N) is 2. The number of hydrogen-bond donors (Lipinski definition) is 1. The molecule has 0 aromatic heterocycles. The molecule has 0 fully saturated rings. The minimum absolute atomic E-state index is 0.000757. The number of sulfonamides is 1. The van der Waals surface area contributed by atoms with Crippen LogP contribution in [0.2, 0.25) is 5.02 Å². The number of halogens is 2. The Labute approximate surface area is 231 Å². The molecule has 3 aromatic carbocycles. The molecule has 0 unspecified atom stereocenters. The topological polar surface area (TPSA) is 86.8 Å². The molecule has 3 aromatic rings. The van der Waals surface area contributed by atoms with Crippen LogP contribution in [0.15, 0.2) is 76.1 Å². The fourth-order valence-corrected chi connectivity index (χ4v) is 5.75. The van der Waals surface area contributed by atoms with Crippen molar-refractivity contribution in [1.29, 1.82) is 0 Å². The third-order valence-corrected chi connectivity index (χ3v) is 8.65. The molecule has 0 aliphatic heterocycles. The first-order valence-electron chi connectivity index (χ1n) is 11.5. The van der Waals surface area contributed by atoms with Crippen molar-refractivity contribution in [3.8, 4) is 0 Å². The second kappa shape index (κ2) is 12.1. The molecule has 37 heavy (non-hydrogen) atoms. The number of rotatable bonds is 9. The monoisotopic (exact) mass is 605 g/mol. The van der Waals surface area contributed by atoms with Crippen LogP contribution in [-0.2, 0) is 26.2 Å². The molecule has 196 valence electrons. The number of amides is 2. The molecule has 0 aliphatic rings. The maximum Gasteiger partial charge on any atom is 0.264 e. The van der Waals surface area contributed by atoms with E-state index in [9.17, 15) is 18.0 Å². The molecule has 0 aliphatic carbocycles. The van der Waals surface area contributed by atoms with Crippen LogP contribution in [0.4, 0.5) is 5.69 Å². The summed E-state index contributed by atoms with van der Waals surface area (Å²) in [5.74, 6) is -0.881. The maximum absolute atomic E-state index is 13.8. The van der Waals surface area contributed by atoms with Gasteiger partial charge in [0.15, 0.2) is 0 Å². The Morgan fingerprint density at radius 2 is 1.68 bits per heavy atom. The normalized spacial score (nSPS) is 12.1. The molecule has 3 rings (SSSR count). The van der Waals surface area contributed by atoms with Gasteiger partial charge in [0.2, 0.25) is 11.8 Å². The molecular formula is C27H29BrClN3O4S. The molecular weight excluding hydrogens is 578 g/mol. The molecule has 2 amide bonds. The fourth-order valence-electron chi connectivity index (χ4n) is 3.77. The minimum Gasteiger partial charge on any atom is -0.357 e. The second-order valence-corrected chi connectivity index (χ2v) is 11.9. The SMILES string of the molecule is CNC(=O)[C@H](C)N(Cc1cccc(Br)c1)C(=O)CN(c1ccc(C)c(C)c1)S(=O)(=O)c1ccc(Cl)cc1. The highest BCUT2D eigenvalue weighted by atomic mass is 79.9. The smallest absolute Gasteiger partial charge is 0.264 e. The van der Waals surface area contributed by atoms with E-state index in [2.05, 4.69) is 21.2 Å². The molecule has 0 bridgehead atoms. The van der Waals surface area contributed by atoms with Gasteiger partial charge in [-0.05, 0) is 86.0 Å². The van der Waals surface area contributed by atoms with E-state index in [4.69, 9.17) is 11.6 Å². The molecule has 0 saturated heterocycles. The highest BCUT2D eigenvalue weighted by Gasteiger charge is 2.32. The Morgan fingerprint density at radius 3 is 2.27 bits per heavy atom. The summed E-state index contributed by atoms with van der Waals surface area (Å²) in [7, 11) is -2.65. The van der Waals surface area contributed by atoms with Crippen molar-refractivity contribution in [3.63, 3.8) is 0 Å². The van der Waals surface area contributed by atoms with Crippen molar-refractivity contribution in [2.24, 2.45) is 0 Å². The summed E-state index contributed by atoms with van der Waals surface area (Å²) in [6, 6.07) is 17.5. The van der Waals surface area contributed by atoms with Crippen LogP contribution in [0.5, 0.6) is 0 Å². The van der Waals surface area contributed by atoms with Crippen molar-refractivity contribution >= 4 is 55.1 Å². The van der Waals surface area contributed by atoms with E-state index < -0.39 is 28.5 Å². The zero-order chi connectivity index (χ0) is 27.3. The number of hydrogen-bond acceptors (Lipinski definition) is 4. The van der Waals surface area contributed by atoms with Crippen LogP contribution >= 0.6 is 27.5 Å². The second-order valence-electron chi connectivity index (χ2n) is 8.68. The van der Waals surface area contributed by atoms with Gasteiger partial charge in [-0.15, -0.1) is 0 Å². The largest absolute Gasteiger partial charge is 0.357 e. The molecule has 7 nitrogen and oxygen atoms in total. The average molecular weight is 607 g/mol. The number of carbonyl (C=O) groups is 2. The predicted octanol–water partition coefficient (Wildman–Crippen LogP) is 5.08. The van der Waals surface area contributed by atoms with Crippen molar-refractivity contribution in [2.75, 3.05) is 17.9 Å². The molecule has 1 atom stereocenters. The summed E-state index contributed by atoms with van der Waals surface area (Å²) >= 11 is 9.41. The fraction of sp³-hybridized carbons (Fsp3) is 0.259. The standard InChI is InChI=1S/C27H29BrClN3O4S/c1-18-8-11-24(14-19(18)2)32(37(35,36)25-12-9-23(29)10-13-25)17-26(33)31(20(3)27(34)30-4)16-21-6-5-7-22(28)15-21/h5-15,20H,16-17H2,1-4H3,(H,30,34)/t20-/m0/s1. The first kappa shape index (κ1) is 28.7. The molecule has 10 heteroatoms. The average Bonchev–Trinajstić information content (AvgIpc) is 2.86. The number of anilines is 1. The Morgan fingerprint density at radius 1 is 1.00 bits per heavy atom. The lowest BCUT2D eigenvalue weighted by Crippen LogP contribution is -2.50. The highest BCUT2D eigenvalue weighted by molar-refractivity contribution is 9.10. The van der Waals surface area contributed by atoms with Crippen LogP contribution in [0.25, 0.3) is 0 Å². The van der Waals surface area contributed by atoms with Crippen LogP contribution in [-0.4, -0.2) is 44.8 Å². The first-order chi connectivity index (χ1) is 17.4. The van der Waals surface area contributed by atoms with E-state index in [0.717, 1.165) is 25.5 Å². The van der Waals surface area contributed by atoms with Crippen molar-refractivity contribution < 1.29 is 18.0 Å². The molecule has 1 N–H and O–H groups in total. The summed E-state index contributed by atoms with van der Waals surface area (Å²) in [5.41, 5.74) is 3.01. The van der Waals surface area contributed by atoms with Gasteiger partial charge in [-0.2, -0.15) is 0 Å². The summed E-state index contributed by atoms with van der Waals surface area (Å²) in [6.45, 7) is 5.04. The van der Waals surface area contributed by atoms with Crippen LogP contribution in [0.3, 0.4) is 0 Å². The van der Waals surface area contributed by atoms with Gasteiger partial charge in [-0.25, -0.2) is 8.42 Å². The van der Waals surface area contributed by atoms with Crippen molar-refractivity contribution in [2.45, 2.75) is 38.3 Å². The Kier molecular flexibility index (Phi) is 9.39. The Balaban J connectivity index is 2.06. The summed E-state index contributed by atoms with van der Waals surface area (Å²) in [6.07, 6.45) is 0. The van der Waals surface area contributed by atoms with Crippen LogP contribution in [0, 0.1) is 13.8 Å². The predicted molar refractivity (Wildman–Crippen MR) is 150 cm³/mol. The summed E-state index contributed by atoms with van der Waals surface area (Å²) in [4.78, 5) is 27.7. The van der Waals surface area contributed by atoms with Gasteiger partial charge < -0.3 is 10.2 Å². The lowest BCUT2D eigenvalue weighted by molar-refractivity contribution is -0.139. The van der Waals surface area contributed by atoms with Gasteiger partial charge in [-0.3, -0.25) is 13.9 Å². The maximum atomic E-state index is 13.8. The van der Waals surface area contributed by atoms with Gasteiger partial charge in [-0.1, -0.05) is 45.7 Å². The van der Waals surface area contributed by atoms with E-state index >= 15 is 0 Å². The van der Waals surface area contributed by atoms with Crippen LogP contribution in [0.1, 0.15) is 23.6 Å². The van der Waals surface area contributed by atoms with Gasteiger partial charge in [0.05, 0.1) is 10.6 Å². The lowest BCUT2D eigenvalue weighted by Gasteiger charge is -2.32. The minimum atomic E-state index is -4.14. The zero-order valence-electron chi connectivity index (χ0n) is 21.0. The van der Waals surface area contributed by atoms with Gasteiger partial charge in [0.1, 0.15) is 12.6 Å². The Bertz CT molecular complexity index is 1400. The lowest BCUT2D eigenvalue weighted by atomic mass is 10.1. The zero-order valence-corrected chi connectivity index (χ0v) is 24.2. The number of aryl methyl sites for hydroxylation is 2. The highest BCUT2D eigenvalue weighted by Crippen LogP contribution is 2.27. The molecule has 0 saturated carbocycles. The van der Waals surface area contributed by atoms with E-state index in [1.54, 1.807) is 19.1 Å². The van der Waals surface area contributed by atoms with E-state index in [-0.39, 0.29) is 17.3 Å². The molecule has 0 heterocycles. The van der Waals surface area contributed by atoms with E-state index in [1.165, 1.54) is 36.2 Å². The van der Waals surface area contributed by atoms with Gasteiger partial charge in [0.25, 0.3) is 10.0 Å². The summed E-state index contributed by atoms with van der Waals surface area (Å²) in [5, 5.41) is 2.97. The quantitative estimate of drug-likeness (QED) is 0.368. The van der Waals surface area contributed by atoms with Gasteiger partial charge >= 0.3 is 0 Å². The molecule has 0 spiro atoms. The number of nitrogens with one attached hydrogen (secondary N) is 1. The van der Waals surface area contributed by atoms with E-state index in [0.29, 0.717) is 10.7 Å². The van der Waals surface area contributed by atoms with Crippen molar-refractivity contribution in [3.05, 3.63) is 92.9 Å². The number of carbonyl (C=O) groups excluding carboxylic acids is 2. The third kappa shape index (κ3) is 6.91. The van der Waals surface area contributed by atoms with Crippen LogP contribution < -0.4 is 9.62 Å². The molecule has 0 radical (unpaired) electrons. The number of benzene rings is 3. The summed E-state index contributed by atoms with van der Waals surface area (Å²) < 4.78 is 29.5. The Hall–Kier alpha value is -2.88. The first-order valence-corrected chi connectivity index (χ1v) is 14.2. The van der Waals surface area contributed by atoms with Gasteiger partial charge in [0, 0.05) is 23.1 Å². The van der Waals surface area contributed by atoms with E-state index in [1.807, 2.05) is 44.2 Å².